The van der Waals surface area contributed by atoms with Gasteiger partial charge in [-0.25, -0.2) is 0 Å². The van der Waals surface area contributed by atoms with Gasteiger partial charge in [-0.1, -0.05) is 60.2 Å². The van der Waals surface area contributed by atoms with E-state index in [0.29, 0.717) is 5.75 Å². The molecule has 1 N–H and O–H groups in total. The lowest BCUT2D eigenvalue weighted by atomic mass is 9.97. The van der Waals surface area contributed by atoms with Crippen molar-refractivity contribution < 1.29 is 5.11 Å². The van der Waals surface area contributed by atoms with Crippen LogP contribution in [0.4, 0.5) is 0 Å². The van der Waals surface area contributed by atoms with Crippen LogP contribution in [0.25, 0.3) is 21.9 Å². The van der Waals surface area contributed by atoms with Crippen LogP contribution in [-0.4, -0.2) is 5.11 Å². The van der Waals surface area contributed by atoms with Gasteiger partial charge in [-0.2, -0.15) is 0 Å². The van der Waals surface area contributed by atoms with Crippen molar-refractivity contribution in [2.45, 2.75) is 6.92 Å². The highest BCUT2D eigenvalue weighted by Crippen LogP contribution is 2.32. The molecule has 1 heteroatoms. The largest absolute Gasteiger partial charge is 0.507 e. The van der Waals surface area contributed by atoms with Gasteiger partial charge in [-0.15, -0.1) is 0 Å². The van der Waals surface area contributed by atoms with E-state index in [9.17, 15) is 5.11 Å². The van der Waals surface area contributed by atoms with E-state index in [0.717, 1.165) is 16.3 Å². The van der Waals surface area contributed by atoms with Gasteiger partial charge in [0.25, 0.3) is 0 Å². The fraction of sp³-hybridized carbons (Fsp3) is 0.0588. The molecule has 0 spiro atoms. The van der Waals surface area contributed by atoms with Crippen LogP contribution in [-0.2, 0) is 0 Å². The SMILES string of the molecule is Cc1ccc(-c2cccc3c(O)cccc23)cc1. The maximum Gasteiger partial charge on any atom is 0.123 e. The van der Waals surface area contributed by atoms with Crippen LogP contribution in [0, 0.1) is 6.92 Å². The number of hydrogen-bond acceptors (Lipinski definition) is 1. The third-order valence-corrected chi connectivity index (χ3v) is 3.26. The zero-order valence-electron chi connectivity index (χ0n) is 10.2. The standard InChI is InChI=1S/C17H14O/c1-12-8-10-13(11-9-12)14-4-2-6-16-15(14)5-3-7-17(16)18/h2-11,18H,1H3. The minimum Gasteiger partial charge on any atom is -0.507 e. The molecule has 0 aliphatic carbocycles. The fourth-order valence-electron chi connectivity index (χ4n) is 2.28. The van der Waals surface area contributed by atoms with Crippen molar-refractivity contribution in [3.63, 3.8) is 0 Å². The van der Waals surface area contributed by atoms with E-state index in [4.69, 9.17) is 0 Å². The second-order valence-corrected chi connectivity index (χ2v) is 4.54. The summed E-state index contributed by atoms with van der Waals surface area (Å²) in [4.78, 5) is 0. The molecule has 0 aliphatic rings. The fourth-order valence-corrected chi connectivity index (χ4v) is 2.28. The van der Waals surface area contributed by atoms with E-state index in [1.165, 1.54) is 11.1 Å². The van der Waals surface area contributed by atoms with Crippen LogP contribution >= 0.6 is 0 Å². The van der Waals surface area contributed by atoms with Crippen LogP contribution in [0.2, 0.25) is 0 Å². The van der Waals surface area contributed by atoms with Gasteiger partial charge in [-0.3, -0.25) is 0 Å². The van der Waals surface area contributed by atoms with E-state index in [-0.39, 0.29) is 0 Å². The highest BCUT2D eigenvalue weighted by atomic mass is 16.3. The van der Waals surface area contributed by atoms with E-state index >= 15 is 0 Å². The Morgan fingerprint density at radius 3 is 2.17 bits per heavy atom. The third-order valence-electron chi connectivity index (χ3n) is 3.26. The summed E-state index contributed by atoms with van der Waals surface area (Å²) in [6.45, 7) is 2.08. The molecule has 88 valence electrons. The van der Waals surface area contributed by atoms with Gasteiger partial charge in [0.05, 0.1) is 0 Å². The first-order chi connectivity index (χ1) is 8.75. The van der Waals surface area contributed by atoms with Crippen LogP contribution in [0.3, 0.4) is 0 Å². The number of phenols is 1. The molecule has 0 bridgehead atoms. The minimum atomic E-state index is 0.335. The molecule has 0 radical (unpaired) electrons. The Labute approximate surface area is 106 Å². The van der Waals surface area contributed by atoms with Gasteiger partial charge < -0.3 is 5.11 Å². The molecule has 0 atom stereocenters. The molecular weight excluding hydrogens is 220 g/mol. The topological polar surface area (TPSA) is 20.2 Å². The van der Waals surface area contributed by atoms with Crippen LogP contribution in [0.1, 0.15) is 5.56 Å². The Bertz CT molecular complexity index is 696. The highest BCUT2D eigenvalue weighted by Gasteiger charge is 2.05. The summed E-state index contributed by atoms with van der Waals surface area (Å²) >= 11 is 0. The molecule has 0 aliphatic heterocycles. The predicted molar refractivity (Wildman–Crippen MR) is 75.8 cm³/mol. The molecule has 0 aromatic heterocycles. The Hall–Kier alpha value is -2.28. The molecule has 3 aromatic rings. The van der Waals surface area contributed by atoms with Crippen LogP contribution in [0.5, 0.6) is 5.75 Å². The van der Waals surface area contributed by atoms with Gasteiger partial charge in [-0.05, 0) is 29.5 Å². The third kappa shape index (κ3) is 1.74. The highest BCUT2D eigenvalue weighted by molar-refractivity contribution is 5.99. The van der Waals surface area contributed by atoms with Gasteiger partial charge in [0.15, 0.2) is 0 Å². The van der Waals surface area contributed by atoms with Crippen molar-refractivity contribution >= 4 is 10.8 Å². The zero-order valence-corrected chi connectivity index (χ0v) is 10.2. The lowest BCUT2D eigenvalue weighted by molar-refractivity contribution is 0.481. The lowest BCUT2D eigenvalue weighted by Gasteiger charge is -2.08. The average molecular weight is 234 g/mol. The van der Waals surface area contributed by atoms with E-state index in [1.54, 1.807) is 6.07 Å². The summed E-state index contributed by atoms with van der Waals surface area (Å²) in [6, 6.07) is 20.1. The van der Waals surface area contributed by atoms with Gasteiger partial charge >= 0.3 is 0 Å². The second kappa shape index (κ2) is 4.19. The quantitative estimate of drug-likeness (QED) is 0.656. The first kappa shape index (κ1) is 10.8. The Morgan fingerprint density at radius 1 is 0.722 bits per heavy atom. The number of rotatable bonds is 1. The van der Waals surface area contributed by atoms with E-state index in [1.807, 2.05) is 24.3 Å². The molecule has 3 rings (SSSR count). The zero-order chi connectivity index (χ0) is 12.5. The van der Waals surface area contributed by atoms with Gasteiger partial charge in [0.2, 0.25) is 0 Å². The summed E-state index contributed by atoms with van der Waals surface area (Å²) in [5.41, 5.74) is 3.59. The van der Waals surface area contributed by atoms with Crippen molar-refractivity contribution in [2.24, 2.45) is 0 Å². The lowest BCUT2D eigenvalue weighted by Crippen LogP contribution is -1.82. The van der Waals surface area contributed by atoms with Crippen molar-refractivity contribution in [3.05, 3.63) is 66.2 Å². The molecule has 18 heavy (non-hydrogen) atoms. The first-order valence-corrected chi connectivity index (χ1v) is 6.03. The van der Waals surface area contributed by atoms with Gasteiger partial charge in [0, 0.05) is 5.39 Å². The minimum absolute atomic E-state index is 0.335. The molecule has 0 amide bonds. The normalized spacial score (nSPS) is 10.7. The predicted octanol–water partition coefficient (Wildman–Crippen LogP) is 4.52. The number of aromatic hydroxyl groups is 1. The van der Waals surface area contributed by atoms with Crippen molar-refractivity contribution in [1.29, 1.82) is 0 Å². The summed E-state index contributed by atoms with van der Waals surface area (Å²) in [5.74, 6) is 0.335. The van der Waals surface area contributed by atoms with Crippen LogP contribution < -0.4 is 0 Å². The Kier molecular flexibility index (Phi) is 2.52. The summed E-state index contributed by atoms with van der Waals surface area (Å²) in [7, 11) is 0. The molecule has 0 unspecified atom stereocenters. The molecule has 0 fully saturated rings. The average Bonchev–Trinajstić information content (AvgIpc) is 2.40. The van der Waals surface area contributed by atoms with E-state index < -0.39 is 0 Å². The summed E-state index contributed by atoms with van der Waals surface area (Å²) in [6.07, 6.45) is 0. The maximum absolute atomic E-state index is 9.89. The Morgan fingerprint density at radius 2 is 1.39 bits per heavy atom. The number of hydrogen-bond donors (Lipinski definition) is 1. The number of aryl methyl sites for hydroxylation is 1. The van der Waals surface area contributed by atoms with Crippen molar-refractivity contribution in [1.82, 2.24) is 0 Å². The molecule has 3 aromatic carbocycles. The van der Waals surface area contributed by atoms with Gasteiger partial charge in [0.1, 0.15) is 5.75 Å². The first-order valence-electron chi connectivity index (χ1n) is 6.03. The summed E-state index contributed by atoms with van der Waals surface area (Å²) < 4.78 is 0. The smallest absolute Gasteiger partial charge is 0.123 e. The van der Waals surface area contributed by atoms with Crippen molar-refractivity contribution in [2.75, 3.05) is 0 Å². The number of phenolic OH excluding ortho intramolecular Hbond substituents is 1. The summed E-state index contributed by atoms with van der Waals surface area (Å²) in [5, 5.41) is 11.9. The monoisotopic (exact) mass is 234 g/mol. The van der Waals surface area contributed by atoms with Crippen molar-refractivity contribution in [3.8, 4) is 16.9 Å². The molecule has 0 saturated carbocycles. The number of fused-ring (bicyclic) bond motifs is 1. The maximum atomic E-state index is 9.89. The molecule has 0 saturated heterocycles. The molecule has 0 heterocycles. The molecule has 1 nitrogen and oxygen atoms in total. The Balaban J connectivity index is 2.29. The van der Waals surface area contributed by atoms with Crippen LogP contribution in [0.15, 0.2) is 60.7 Å². The van der Waals surface area contributed by atoms with E-state index in [2.05, 4.69) is 37.3 Å². The second-order valence-electron chi connectivity index (χ2n) is 4.54. The number of benzene rings is 3. The molecular formula is C17H14O.